The second-order valence-electron chi connectivity index (χ2n) is 10.7. The third kappa shape index (κ3) is 6.14. The number of carboxylic acid groups (broad SMARTS) is 1. The van der Waals surface area contributed by atoms with E-state index in [2.05, 4.69) is 5.32 Å². The Balaban J connectivity index is 1.41. The number of aromatic nitrogens is 1. The van der Waals surface area contributed by atoms with Crippen molar-refractivity contribution < 1.29 is 27.9 Å². The fraction of sp³-hybridized carbons (Fsp3) is 0.0833. The first-order valence-corrected chi connectivity index (χ1v) is 14.1. The van der Waals surface area contributed by atoms with Crippen LogP contribution in [0.4, 0.5) is 8.78 Å². The monoisotopic (exact) mass is 604 g/mol. The number of hydrogen-bond acceptors (Lipinski definition) is 4. The maximum Gasteiger partial charge on any atom is 0.420 e. The number of rotatable bonds is 8. The van der Waals surface area contributed by atoms with E-state index in [1.807, 2.05) is 54.6 Å². The number of carboxylic acids is 1. The predicted molar refractivity (Wildman–Crippen MR) is 166 cm³/mol. The number of halogens is 2. The van der Waals surface area contributed by atoms with Crippen LogP contribution in [0.25, 0.3) is 33.4 Å². The van der Waals surface area contributed by atoms with Gasteiger partial charge in [-0.05, 0) is 76.7 Å². The molecule has 1 amide bonds. The lowest BCUT2D eigenvalue weighted by molar-refractivity contribution is 0.0696. The highest BCUT2D eigenvalue weighted by atomic mass is 19.1. The second-order valence-corrected chi connectivity index (χ2v) is 10.7. The minimum Gasteiger partial charge on any atom is -0.478 e. The second kappa shape index (κ2) is 12.0. The van der Waals surface area contributed by atoms with Crippen molar-refractivity contribution in [2.24, 2.45) is 0 Å². The van der Waals surface area contributed by atoms with Crippen LogP contribution >= 0.6 is 0 Å². The third-order valence-corrected chi connectivity index (χ3v) is 7.61. The Morgan fingerprint density at radius 2 is 1.42 bits per heavy atom. The van der Waals surface area contributed by atoms with Crippen molar-refractivity contribution in [1.82, 2.24) is 9.88 Å². The summed E-state index contributed by atoms with van der Waals surface area (Å²) >= 11 is 0. The molecule has 45 heavy (non-hydrogen) atoms. The van der Waals surface area contributed by atoms with Gasteiger partial charge in [0.05, 0.1) is 23.7 Å². The average molecular weight is 605 g/mol. The lowest BCUT2D eigenvalue weighted by Gasteiger charge is -2.16. The van der Waals surface area contributed by atoms with E-state index in [1.54, 1.807) is 19.1 Å². The zero-order valence-electron chi connectivity index (χ0n) is 24.0. The Kier molecular flexibility index (Phi) is 7.83. The number of nitrogens with one attached hydrogen (secondary N) is 1. The van der Waals surface area contributed by atoms with Gasteiger partial charge in [0.25, 0.3) is 5.91 Å². The van der Waals surface area contributed by atoms with Crippen molar-refractivity contribution in [2.75, 3.05) is 0 Å². The summed E-state index contributed by atoms with van der Waals surface area (Å²) < 4.78 is 35.2. The molecule has 6 aromatic rings. The molecule has 0 saturated carbocycles. The van der Waals surface area contributed by atoms with Crippen LogP contribution in [0.3, 0.4) is 0 Å². The molecule has 0 radical (unpaired) electrons. The van der Waals surface area contributed by atoms with Crippen LogP contribution in [-0.2, 0) is 6.54 Å². The molecule has 224 valence electrons. The van der Waals surface area contributed by atoms with Gasteiger partial charge in [-0.1, -0.05) is 66.7 Å². The topological polar surface area (TPSA) is 102 Å². The summed E-state index contributed by atoms with van der Waals surface area (Å²) in [6.07, 6.45) is 0. The quantitative estimate of drug-likeness (QED) is 0.188. The smallest absolute Gasteiger partial charge is 0.420 e. The highest BCUT2D eigenvalue weighted by Gasteiger charge is 2.23. The Morgan fingerprint density at radius 3 is 2.07 bits per heavy atom. The number of carbonyl (C=O) groups is 2. The van der Waals surface area contributed by atoms with Gasteiger partial charge in [0.2, 0.25) is 0 Å². The van der Waals surface area contributed by atoms with E-state index in [-0.39, 0.29) is 39.9 Å². The molecule has 0 bridgehead atoms. The zero-order valence-corrected chi connectivity index (χ0v) is 24.0. The van der Waals surface area contributed by atoms with Gasteiger partial charge in [-0.15, -0.1) is 0 Å². The van der Waals surface area contributed by atoms with E-state index in [9.17, 15) is 28.3 Å². The number of nitrogens with zero attached hydrogens (tertiary/aromatic N) is 1. The number of amides is 1. The Bertz CT molecular complexity index is 2080. The highest BCUT2D eigenvalue weighted by Crippen LogP contribution is 2.30. The molecule has 0 unspecified atom stereocenters. The molecule has 7 nitrogen and oxygen atoms in total. The molecular formula is C36H26F2N2O5. The molecule has 1 atom stereocenters. The van der Waals surface area contributed by atoms with Gasteiger partial charge in [-0.25, -0.2) is 18.4 Å². The average Bonchev–Trinajstić information content (AvgIpc) is 3.35. The summed E-state index contributed by atoms with van der Waals surface area (Å²) in [5.41, 5.74) is 4.38. The van der Waals surface area contributed by atoms with E-state index >= 15 is 0 Å². The highest BCUT2D eigenvalue weighted by molar-refractivity contribution is 6.06. The number of hydrogen-bond donors (Lipinski definition) is 2. The lowest BCUT2D eigenvalue weighted by atomic mass is 10.00. The largest absolute Gasteiger partial charge is 0.478 e. The molecule has 0 aliphatic rings. The van der Waals surface area contributed by atoms with Crippen molar-refractivity contribution in [3.8, 4) is 22.3 Å². The van der Waals surface area contributed by atoms with E-state index < -0.39 is 35.3 Å². The van der Waals surface area contributed by atoms with Crippen molar-refractivity contribution >= 4 is 23.0 Å². The molecule has 0 spiro atoms. The normalized spacial score (nSPS) is 11.8. The van der Waals surface area contributed by atoms with Gasteiger partial charge in [-0.2, -0.15) is 0 Å². The van der Waals surface area contributed by atoms with Crippen LogP contribution in [-0.4, -0.2) is 21.6 Å². The maximum atomic E-state index is 14.1. The van der Waals surface area contributed by atoms with E-state index in [0.29, 0.717) is 5.56 Å². The Labute approximate surface area is 256 Å². The van der Waals surface area contributed by atoms with Gasteiger partial charge in [0.15, 0.2) is 5.58 Å². The molecule has 2 N–H and O–H groups in total. The Morgan fingerprint density at radius 1 is 0.800 bits per heavy atom. The summed E-state index contributed by atoms with van der Waals surface area (Å²) in [7, 11) is 0. The van der Waals surface area contributed by atoms with Crippen molar-refractivity contribution in [2.45, 2.75) is 19.5 Å². The summed E-state index contributed by atoms with van der Waals surface area (Å²) in [4.78, 5) is 38.3. The third-order valence-electron chi connectivity index (χ3n) is 7.61. The maximum absolute atomic E-state index is 14.1. The molecule has 0 saturated heterocycles. The molecule has 6 rings (SSSR count). The molecule has 1 heterocycles. The number of oxazole rings is 1. The Hall–Kier alpha value is -5.83. The van der Waals surface area contributed by atoms with Gasteiger partial charge >= 0.3 is 11.7 Å². The van der Waals surface area contributed by atoms with Crippen LogP contribution in [0.1, 0.15) is 44.8 Å². The van der Waals surface area contributed by atoms with Crippen LogP contribution in [0.2, 0.25) is 0 Å². The summed E-state index contributed by atoms with van der Waals surface area (Å²) in [5, 5.41) is 12.1. The first-order valence-electron chi connectivity index (χ1n) is 14.1. The first kappa shape index (κ1) is 29.3. The first-order chi connectivity index (χ1) is 21.7. The van der Waals surface area contributed by atoms with Crippen LogP contribution in [0.15, 0.2) is 118 Å². The van der Waals surface area contributed by atoms with Gasteiger partial charge < -0.3 is 14.8 Å². The lowest BCUT2D eigenvalue weighted by Crippen LogP contribution is -2.28. The molecule has 0 fully saturated rings. The van der Waals surface area contributed by atoms with E-state index in [0.717, 1.165) is 34.9 Å². The predicted octanol–water partition coefficient (Wildman–Crippen LogP) is 7.44. The molecule has 9 heteroatoms. The van der Waals surface area contributed by atoms with Crippen LogP contribution < -0.4 is 11.1 Å². The van der Waals surface area contributed by atoms with Crippen molar-refractivity contribution in [3.05, 3.63) is 154 Å². The van der Waals surface area contributed by atoms with Gasteiger partial charge in [0, 0.05) is 6.07 Å². The van der Waals surface area contributed by atoms with Crippen LogP contribution in [0.5, 0.6) is 0 Å². The molecule has 0 aliphatic heterocycles. The van der Waals surface area contributed by atoms with Crippen molar-refractivity contribution in [1.29, 1.82) is 0 Å². The summed E-state index contributed by atoms with van der Waals surface area (Å²) in [6.45, 7) is 1.83. The van der Waals surface area contributed by atoms with Crippen molar-refractivity contribution in [3.63, 3.8) is 0 Å². The molecule has 1 aromatic heterocycles. The standard InChI is InChI=1S/C36H26F2N2O5/c1-21(23-11-13-26(14-12-23)35(42)43)39-34(41)31-17-28(27-15-29(37)19-30(38)16-27)18-32-33(31)40(36(44)45-32)20-22-7-9-25(10-8-22)24-5-3-2-4-6-24/h2-19,21H,20H2,1H3,(H,39,41)(H,42,43)/t21-/m0/s1. The molecular weight excluding hydrogens is 578 g/mol. The number of carbonyl (C=O) groups excluding carboxylic acids is 1. The van der Waals surface area contributed by atoms with E-state index in [4.69, 9.17) is 4.42 Å². The van der Waals surface area contributed by atoms with Gasteiger partial charge in [-0.3, -0.25) is 9.36 Å². The van der Waals surface area contributed by atoms with Crippen LogP contribution in [0, 0.1) is 11.6 Å². The minimum atomic E-state index is -1.07. The summed E-state index contributed by atoms with van der Waals surface area (Å²) in [6, 6.07) is 29.0. The SMILES string of the molecule is C[C@H](NC(=O)c1cc(-c2cc(F)cc(F)c2)cc2oc(=O)n(Cc3ccc(-c4ccccc4)cc3)c12)c1ccc(C(=O)O)cc1. The summed E-state index contributed by atoms with van der Waals surface area (Å²) in [5.74, 6) is -3.94. The zero-order chi connectivity index (χ0) is 31.7. The molecule has 0 aliphatic carbocycles. The minimum absolute atomic E-state index is 0.0629. The number of benzene rings is 5. The fourth-order valence-electron chi connectivity index (χ4n) is 5.30. The fourth-order valence-corrected chi connectivity index (χ4v) is 5.30. The number of aromatic carboxylic acids is 1. The van der Waals surface area contributed by atoms with Gasteiger partial charge in [0.1, 0.15) is 17.2 Å². The molecule has 5 aromatic carbocycles. The number of fused-ring (bicyclic) bond motifs is 1. The van der Waals surface area contributed by atoms with E-state index in [1.165, 1.54) is 28.8 Å².